The first kappa shape index (κ1) is 19.0. The summed E-state index contributed by atoms with van der Waals surface area (Å²) in [6.07, 6.45) is 5.07. The third kappa shape index (κ3) is 3.32. The van der Waals surface area contributed by atoms with E-state index in [-0.39, 0.29) is 12.1 Å². The maximum absolute atomic E-state index is 14.5. The smallest absolute Gasteiger partial charge is 0.276 e. The van der Waals surface area contributed by atoms with Gasteiger partial charge in [-0.05, 0) is 33.0 Å². The molecule has 2 aromatic rings. The lowest BCUT2D eigenvalue weighted by Crippen LogP contribution is -2.44. The fourth-order valence-electron chi connectivity index (χ4n) is 4.01. The Kier molecular flexibility index (Phi) is 4.52. The van der Waals surface area contributed by atoms with Crippen molar-refractivity contribution in [2.45, 2.75) is 51.5 Å². The van der Waals surface area contributed by atoms with Crippen LogP contribution in [0.3, 0.4) is 0 Å². The first-order valence-corrected chi connectivity index (χ1v) is 9.64. The van der Waals surface area contributed by atoms with Crippen molar-refractivity contribution in [1.29, 1.82) is 0 Å². The van der Waals surface area contributed by atoms with Gasteiger partial charge < -0.3 is 10.2 Å². The van der Waals surface area contributed by atoms with Crippen molar-refractivity contribution in [3.63, 3.8) is 0 Å². The van der Waals surface area contributed by atoms with Gasteiger partial charge in [0.05, 0.1) is 17.9 Å². The second kappa shape index (κ2) is 6.65. The van der Waals surface area contributed by atoms with Gasteiger partial charge in [-0.3, -0.25) is 14.6 Å². The molecular formula is C19H26F2N6O. The third-order valence-electron chi connectivity index (χ3n) is 6.10. The molecule has 0 spiro atoms. The van der Waals surface area contributed by atoms with Gasteiger partial charge in [0, 0.05) is 35.7 Å². The normalized spacial score (nSPS) is 22.0. The summed E-state index contributed by atoms with van der Waals surface area (Å²) in [5, 5.41) is 13.9. The van der Waals surface area contributed by atoms with Crippen molar-refractivity contribution in [2.75, 3.05) is 25.5 Å². The Labute approximate surface area is 162 Å². The molecule has 152 valence electrons. The highest BCUT2D eigenvalue weighted by Gasteiger charge is 2.51. The fraction of sp³-hybridized carbons (Fsp3) is 0.632. The molecule has 0 aromatic carbocycles. The number of carbonyl (C=O) groups excluding carboxylic acids is 1. The topological polar surface area (TPSA) is 78.8 Å². The molecule has 28 heavy (non-hydrogen) atoms. The highest BCUT2D eigenvalue weighted by molar-refractivity contribution is 6.04. The lowest BCUT2D eigenvalue weighted by Gasteiger charge is -2.37. The average Bonchev–Trinajstić information content (AvgIpc) is 3.22. The molecular weight excluding hydrogens is 366 g/mol. The van der Waals surface area contributed by atoms with E-state index in [2.05, 4.69) is 32.6 Å². The number of rotatable bonds is 3. The molecule has 2 aromatic heterocycles. The van der Waals surface area contributed by atoms with Crippen LogP contribution in [0.25, 0.3) is 0 Å². The van der Waals surface area contributed by atoms with Crippen molar-refractivity contribution in [2.24, 2.45) is 5.41 Å². The van der Waals surface area contributed by atoms with Crippen LogP contribution in [0.5, 0.6) is 0 Å². The standard InChI is InChI=1S/C19H26F2N6O/c1-18(2)9-15-14(8-19(18,20)21)16(25-24-15)17(28)23-12-10-22-27(11-12)13-4-6-26(3)7-5-13/h10-11,13H,4-9H2,1-3H3,(H,23,28)(H,24,25). The first-order valence-electron chi connectivity index (χ1n) is 9.64. The van der Waals surface area contributed by atoms with Crippen LogP contribution in [0.1, 0.15) is 54.5 Å². The Morgan fingerprint density at radius 2 is 2.00 bits per heavy atom. The Balaban J connectivity index is 1.48. The van der Waals surface area contributed by atoms with E-state index in [1.54, 1.807) is 12.4 Å². The summed E-state index contributed by atoms with van der Waals surface area (Å²) in [6, 6.07) is 0.306. The number of hydrogen-bond acceptors (Lipinski definition) is 4. The predicted molar refractivity (Wildman–Crippen MR) is 101 cm³/mol. The number of aromatic amines is 1. The Morgan fingerprint density at radius 3 is 2.71 bits per heavy atom. The fourth-order valence-corrected chi connectivity index (χ4v) is 4.01. The molecule has 9 heteroatoms. The van der Waals surface area contributed by atoms with Crippen molar-refractivity contribution in [3.05, 3.63) is 29.3 Å². The molecule has 4 rings (SSSR count). The molecule has 0 radical (unpaired) electrons. The van der Waals surface area contributed by atoms with E-state index in [1.165, 1.54) is 13.8 Å². The van der Waals surface area contributed by atoms with Crippen molar-refractivity contribution >= 4 is 11.6 Å². The molecule has 1 aliphatic carbocycles. The van der Waals surface area contributed by atoms with Crippen molar-refractivity contribution in [3.8, 4) is 0 Å². The molecule has 7 nitrogen and oxygen atoms in total. The van der Waals surface area contributed by atoms with Gasteiger partial charge >= 0.3 is 0 Å². The Hall–Kier alpha value is -2.29. The van der Waals surface area contributed by atoms with E-state index in [4.69, 9.17) is 0 Å². The number of amides is 1. The SMILES string of the molecule is CN1CCC(n2cc(NC(=O)c3n[nH]c4c3CC(F)(F)C(C)(C)C4)cn2)CC1. The zero-order valence-electron chi connectivity index (χ0n) is 16.4. The van der Waals surface area contributed by atoms with Crippen molar-refractivity contribution in [1.82, 2.24) is 24.9 Å². The maximum atomic E-state index is 14.5. The number of alkyl halides is 2. The summed E-state index contributed by atoms with van der Waals surface area (Å²) < 4.78 is 30.8. The second-order valence-corrected chi connectivity index (χ2v) is 8.67. The summed E-state index contributed by atoms with van der Waals surface area (Å²) in [5.41, 5.74) is 0.337. The molecule has 1 amide bonds. The lowest BCUT2D eigenvalue weighted by molar-refractivity contribution is -0.111. The molecule has 3 heterocycles. The minimum atomic E-state index is -2.89. The van der Waals surface area contributed by atoms with Gasteiger partial charge in [0.1, 0.15) is 0 Å². The van der Waals surface area contributed by atoms with Crippen LogP contribution in [0.2, 0.25) is 0 Å². The summed E-state index contributed by atoms with van der Waals surface area (Å²) in [4.78, 5) is 14.9. The van der Waals surface area contributed by atoms with Gasteiger partial charge in [-0.15, -0.1) is 0 Å². The van der Waals surface area contributed by atoms with Crippen LogP contribution < -0.4 is 5.32 Å². The van der Waals surface area contributed by atoms with Gasteiger partial charge in [-0.2, -0.15) is 10.2 Å². The summed E-state index contributed by atoms with van der Waals surface area (Å²) >= 11 is 0. The van der Waals surface area contributed by atoms with Gasteiger partial charge in [-0.1, -0.05) is 13.8 Å². The minimum Gasteiger partial charge on any atom is -0.318 e. The molecule has 0 atom stereocenters. The first-order chi connectivity index (χ1) is 13.2. The van der Waals surface area contributed by atoms with E-state index >= 15 is 0 Å². The molecule has 0 unspecified atom stereocenters. The van der Waals surface area contributed by atoms with Crippen LogP contribution in [-0.2, 0) is 12.8 Å². The average molecular weight is 392 g/mol. The molecule has 0 saturated carbocycles. The minimum absolute atomic E-state index is 0.0391. The number of anilines is 1. The third-order valence-corrected chi connectivity index (χ3v) is 6.10. The number of hydrogen-bond donors (Lipinski definition) is 2. The highest BCUT2D eigenvalue weighted by atomic mass is 19.3. The summed E-state index contributed by atoms with van der Waals surface area (Å²) in [5.74, 6) is -3.38. The molecule has 2 N–H and O–H groups in total. The summed E-state index contributed by atoms with van der Waals surface area (Å²) in [6.45, 7) is 5.09. The molecule has 0 bridgehead atoms. The largest absolute Gasteiger partial charge is 0.318 e. The number of nitrogens with one attached hydrogen (secondary N) is 2. The van der Waals surface area contributed by atoms with Crippen LogP contribution in [-0.4, -0.2) is 56.8 Å². The number of fused-ring (bicyclic) bond motifs is 1. The summed E-state index contributed by atoms with van der Waals surface area (Å²) in [7, 11) is 2.10. The number of aromatic nitrogens is 4. The number of piperidine rings is 1. The van der Waals surface area contributed by atoms with Gasteiger partial charge in [-0.25, -0.2) is 8.78 Å². The maximum Gasteiger partial charge on any atom is 0.276 e. The number of H-pyrrole nitrogens is 1. The van der Waals surface area contributed by atoms with E-state index in [0.29, 0.717) is 23.0 Å². The van der Waals surface area contributed by atoms with E-state index in [1.807, 2.05) is 4.68 Å². The Morgan fingerprint density at radius 1 is 1.29 bits per heavy atom. The number of halogens is 2. The van der Waals surface area contributed by atoms with Crippen LogP contribution >= 0.6 is 0 Å². The number of nitrogens with zero attached hydrogens (tertiary/aromatic N) is 4. The monoisotopic (exact) mass is 392 g/mol. The molecule has 2 aliphatic rings. The second-order valence-electron chi connectivity index (χ2n) is 8.67. The zero-order valence-corrected chi connectivity index (χ0v) is 16.4. The molecule has 1 saturated heterocycles. The molecule has 1 aliphatic heterocycles. The van der Waals surface area contributed by atoms with Gasteiger partial charge in [0.2, 0.25) is 0 Å². The van der Waals surface area contributed by atoms with Crippen LogP contribution in [0, 0.1) is 5.41 Å². The Bertz CT molecular complexity index is 879. The van der Waals surface area contributed by atoms with Crippen molar-refractivity contribution < 1.29 is 13.6 Å². The lowest BCUT2D eigenvalue weighted by atomic mass is 9.73. The molecule has 1 fully saturated rings. The van der Waals surface area contributed by atoms with Crippen LogP contribution in [0.15, 0.2) is 12.4 Å². The zero-order chi connectivity index (χ0) is 20.1. The van der Waals surface area contributed by atoms with E-state index in [9.17, 15) is 13.6 Å². The quantitative estimate of drug-likeness (QED) is 0.842. The van der Waals surface area contributed by atoms with E-state index in [0.717, 1.165) is 25.9 Å². The number of likely N-dealkylation sites (tertiary alicyclic amines) is 1. The van der Waals surface area contributed by atoms with E-state index < -0.39 is 23.7 Å². The highest BCUT2D eigenvalue weighted by Crippen LogP contribution is 2.46. The van der Waals surface area contributed by atoms with Gasteiger partial charge in [0.15, 0.2) is 5.69 Å². The number of carbonyl (C=O) groups is 1. The van der Waals surface area contributed by atoms with Gasteiger partial charge in [0.25, 0.3) is 11.8 Å². The van der Waals surface area contributed by atoms with Crippen LogP contribution in [0.4, 0.5) is 14.5 Å². The predicted octanol–water partition coefficient (Wildman–Crippen LogP) is 2.89.